The van der Waals surface area contributed by atoms with Crippen LogP contribution in [0.2, 0.25) is 0 Å². The average molecular weight is 278 g/mol. The zero-order valence-corrected chi connectivity index (χ0v) is 11.9. The van der Waals surface area contributed by atoms with Gasteiger partial charge in [-0.3, -0.25) is 9.69 Å². The molecule has 4 rings (SSSR count). The Labute approximate surface area is 124 Å². The molecule has 21 heavy (non-hydrogen) atoms. The zero-order chi connectivity index (χ0) is 14.3. The van der Waals surface area contributed by atoms with Crippen molar-refractivity contribution >= 4 is 5.91 Å². The second-order valence-electron chi connectivity index (χ2n) is 6.02. The van der Waals surface area contributed by atoms with Gasteiger partial charge < -0.3 is 5.32 Å². The molecule has 0 saturated carbocycles. The molecule has 1 fully saturated rings. The van der Waals surface area contributed by atoms with Crippen molar-refractivity contribution in [2.75, 3.05) is 13.1 Å². The Kier molecular flexibility index (Phi) is 2.82. The first-order valence-corrected chi connectivity index (χ1v) is 7.45. The number of hydrogen-bond acceptors (Lipinski definition) is 2. The van der Waals surface area contributed by atoms with Crippen LogP contribution < -0.4 is 5.32 Å². The van der Waals surface area contributed by atoms with Crippen LogP contribution in [0.4, 0.5) is 0 Å². The molecule has 3 heteroatoms. The van der Waals surface area contributed by atoms with Gasteiger partial charge in [0.2, 0.25) is 0 Å². The first-order chi connectivity index (χ1) is 10.3. The quantitative estimate of drug-likeness (QED) is 0.869. The highest BCUT2D eigenvalue weighted by Crippen LogP contribution is 2.35. The van der Waals surface area contributed by atoms with Crippen molar-refractivity contribution in [3.63, 3.8) is 0 Å². The maximum absolute atomic E-state index is 12.7. The molecular formula is C18H18N2O. The van der Waals surface area contributed by atoms with E-state index in [2.05, 4.69) is 28.4 Å². The van der Waals surface area contributed by atoms with Crippen LogP contribution in [-0.2, 0) is 12.1 Å². The molecule has 2 bridgehead atoms. The predicted octanol–water partition coefficient (Wildman–Crippen LogP) is 2.53. The largest absolute Gasteiger partial charge is 0.341 e. The Morgan fingerprint density at radius 1 is 1.00 bits per heavy atom. The van der Waals surface area contributed by atoms with Crippen LogP contribution in [0.15, 0.2) is 54.6 Å². The number of nitrogens with one attached hydrogen (secondary N) is 1. The molecule has 2 aromatic carbocycles. The van der Waals surface area contributed by atoms with Crippen molar-refractivity contribution in [2.24, 2.45) is 0 Å². The van der Waals surface area contributed by atoms with Gasteiger partial charge in [-0.25, -0.2) is 0 Å². The molecule has 1 unspecified atom stereocenters. The molecule has 1 N–H and O–H groups in total. The number of nitrogens with zero attached hydrogens (tertiary/aromatic N) is 1. The van der Waals surface area contributed by atoms with Gasteiger partial charge in [-0.15, -0.1) is 0 Å². The molecule has 2 aliphatic heterocycles. The Balaban J connectivity index is 1.79. The van der Waals surface area contributed by atoms with Gasteiger partial charge >= 0.3 is 0 Å². The van der Waals surface area contributed by atoms with E-state index in [1.54, 1.807) is 0 Å². The van der Waals surface area contributed by atoms with Crippen LogP contribution in [0, 0.1) is 0 Å². The van der Waals surface area contributed by atoms with E-state index in [0.717, 1.165) is 37.2 Å². The van der Waals surface area contributed by atoms with Crippen LogP contribution in [-0.4, -0.2) is 23.9 Å². The maximum atomic E-state index is 12.7. The maximum Gasteiger partial charge on any atom is 0.252 e. The molecule has 0 radical (unpaired) electrons. The molecule has 2 atom stereocenters. The van der Waals surface area contributed by atoms with E-state index in [4.69, 9.17) is 0 Å². The third-order valence-corrected chi connectivity index (χ3v) is 4.68. The fourth-order valence-corrected chi connectivity index (χ4v) is 3.60. The lowest BCUT2D eigenvalue weighted by atomic mass is 9.88. The fraction of sp³-hybridized carbons (Fsp3) is 0.278. The van der Waals surface area contributed by atoms with Crippen molar-refractivity contribution in [3.05, 3.63) is 71.3 Å². The third kappa shape index (κ3) is 2.05. The monoisotopic (exact) mass is 278 g/mol. The number of amides is 1. The number of hydrogen-bond donors (Lipinski definition) is 1. The molecule has 2 heterocycles. The third-order valence-electron chi connectivity index (χ3n) is 4.68. The Hall–Kier alpha value is -2.13. The number of fused-ring (bicyclic) bond motifs is 3. The zero-order valence-electron chi connectivity index (χ0n) is 11.9. The van der Waals surface area contributed by atoms with E-state index >= 15 is 0 Å². The average Bonchev–Trinajstić information content (AvgIpc) is 2.93. The van der Waals surface area contributed by atoms with E-state index in [0.29, 0.717) is 0 Å². The highest BCUT2D eigenvalue weighted by molar-refractivity contribution is 5.96. The first kappa shape index (κ1) is 12.6. The van der Waals surface area contributed by atoms with E-state index in [1.807, 2.05) is 36.4 Å². The molecule has 2 aliphatic rings. The van der Waals surface area contributed by atoms with Gasteiger partial charge in [0.25, 0.3) is 5.91 Å². The van der Waals surface area contributed by atoms with E-state index in [-0.39, 0.29) is 11.4 Å². The Morgan fingerprint density at radius 2 is 1.76 bits per heavy atom. The lowest BCUT2D eigenvalue weighted by molar-refractivity contribution is 0.0888. The minimum Gasteiger partial charge on any atom is -0.341 e. The minimum absolute atomic E-state index is 0.0519. The first-order valence-electron chi connectivity index (χ1n) is 7.45. The summed E-state index contributed by atoms with van der Waals surface area (Å²) in [4.78, 5) is 15.1. The van der Waals surface area contributed by atoms with Crippen LogP contribution in [0.5, 0.6) is 0 Å². The lowest BCUT2D eigenvalue weighted by Gasteiger charge is -2.33. The number of benzene rings is 2. The summed E-state index contributed by atoms with van der Waals surface area (Å²) in [5, 5.41) is 3.32. The predicted molar refractivity (Wildman–Crippen MR) is 81.9 cm³/mol. The van der Waals surface area contributed by atoms with Crippen molar-refractivity contribution in [2.45, 2.75) is 18.5 Å². The van der Waals surface area contributed by atoms with E-state index in [9.17, 15) is 4.79 Å². The molecular weight excluding hydrogens is 260 g/mol. The van der Waals surface area contributed by atoms with Crippen molar-refractivity contribution in [3.8, 4) is 0 Å². The summed E-state index contributed by atoms with van der Waals surface area (Å²) in [6.45, 7) is 2.76. The summed E-state index contributed by atoms with van der Waals surface area (Å²) in [7, 11) is 0. The van der Waals surface area contributed by atoms with E-state index < -0.39 is 0 Å². The fourth-order valence-electron chi connectivity index (χ4n) is 3.60. The second kappa shape index (κ2) is 4.71. The molecule has 0 spiro atoms. The van der Waals surface area contributed by atoms with Crippen LogP contribution in [0.3, 0.4) is 0 Å². The minimum atomic E-state index is -0.244. The van der Waals surface area contributed by atoms with Gasteiger partial charge in [0, 0.05) is 25.2 Å². The molecule has 1 amide bonds. The highest BCUT2D eigenvalue weighted by atomic mass is 16.1. The summed E-state index contributed by atoms with van der Waals surface area (Å²) < 4.78 is 0. The highest BCUT2D eigenvalue weighted by Gasteiger charge is 2.42. The van der Waals surface area contributed by atoms with Crippen LogP contribution in [0.25, 0.3) is 0 Å². The standard InChI is InChI=1S/C18H18N2O/c21-17-16-9-5-4-6-14(16)12-20-11-10-18(13-20,19-17)15-7-2-1-3-8-15/h1-9H,10-13H2,(H,19,21)/t18-/m1/s1. The Bertz CT molecular complexity index is 683. The van der Waals surface area contributed by atoms with Crippen LogP contribution in [0.1, 0.15) is 27.9 Å². The van der Waals surface area contributed by atoms with Crippen molar-refractivity contribution < 1.29 is 4.79 Å². The van der Waals surface area contributed by atoms with Gasteiger partial charge in [0.05, 0.1) is 5.54 Å². The molecule has 2 aromatic rings. The molecule has 106 valence electrons. The van der Waals surface area contributed by atoms with Gasteiger partial charge in [-0.1, -0.05) is 48.5 Å². The SMILES string of the molecule is O=C1N[C@]2(c3ccccc3)CCN(Cc3ccccc31)C2. The summed E-state index contributed by atoms with van der Waals surface area (Å²) >= 11 is 0. The van der Waals surface area contributed by atoms with Gasteiger partial charge in [-0.2, -0.15) is 0 Å². The van der Waals surface area contributed by atoms with Gasteiger partial charge in [-0.05, 0) is 23.6 Å². The molecule has 0 aromatic heterocycles. The number of rotatable bonds is 1. The molecule has 0 aliphatic carbocycles. The summed E-state index contributed by atoms with van der Waals surface area (Å²) in [5.41, 5.74) is 2.90. The topological polar surface area (TPSA) is 32.3 Å². The van der Waals surface area contributed by atoms with Crippen molar-refractivity contribution in [1.29, 1.82) is 0 Å². The van der Waals surface area contributed by atoms with Crippen LogP contribution >= 0.6 is 0 Å². The smallest absolute Gasteiger partial charge is 0.252 e. The lowest BCUT2D eigenvalue weighted by Crippen LogP contribution is -2.49. The second-order valence-corrected chi connectivity index (χ2v) is 6.02. The summed E-state index contributed by atoms with van der Waals surface area (Å²) in [6, 6.07) is 18.3. The van der Waals surface area contributed by atoms with Crippen molar-refractivity contribution in [1.82, 2.24) is 10.2 Å². The normalized spacial score (nSPS) is 27.4. The molecule has 1 saturated heterocycles. The Morgan fingerprint density at radius 3 is 2.62 bits per heavy atom. The number of carbonyl (C=O) groups is 1. The summed E-state index contributed by atoms with van der Waals surface area (Å²) in [6.07, 6.45) is 0.969. The van der Waals surface area contributed by atoms with Gasteiger partial charge in [0.15, 0.2) is 0 Å². The molecule has 3 nitrogen and oxygen atoms in total. The number of carbonyl (C=O) groups excluding carboxylic acids is 1. The van der Waals surface area contributed by atoms with Gasteiger partial charge in [0.1, 0.15) is 0 Å². The summed E-state index contributed by atoms with van der Waals surface area (Å²) in [5.74, 6) is 0.0519. The van der Waals surface area contributed by atoms with E-state index in [1.165, 1.54) is 5.56 Å².